The molecule has 2 rings (SSSR count). The summed E-state index contributed by atoms with van der Waals surface area (Å²) in [6.45, 7) is 2.05. The van der Waals surface area contributed by atoms with E-state index in [-0.39, 0.29) is 5.97 Å². The number of rotatable bonds is 4. The van der Waals surface area contributed by atoms with E-state index in [2.05, 4.69) is 22.0 Å². The molecule has 0 spiro atoms. The maximum Gasteiger partial charge on any atom is 0.337 e. The number of halogens is 1. The van der Waals surface area contributed by atoms with Crippen LogP contribution in [0.2, 0.25) is 0 Å². The number of benzene rings is 2. The van der Waals surface area contributed by atoms with Crippen LogP contribution in [0.5, 0.6) is 0 Å². The maximum absolute atomic E-state index is 11.5. The number of hydrogen-bond donors (Lipinski definition) is 1. The molecule has 0 saturated carbocycles. The second kappa shape index (κ2) is 7.00. The number of ether oxygens (including phenoxy) is 1. The van der Waals surface area contributed by atoms with Crippen molar-refractivity contribution in [3.05, 3.63) is 57.6 Å². The summed E-state index contributed by atoms with van der Waals surface area (Å²) in [5, 5.41) is 0. The van der Waals surface area contributed by atoms with Crippen LogP contribution in [0.4, 0.5) is 5.69 Å². The van der Waals surface area contributed by atoms with Crippen molar-refractivity contribution in [2.75, 3.05) is 12.8 Å². The third kappa shape index (κ3) is 4.02. The van der Waals surface area contributed by atoms with Crippen molar-refractivity contribution in [1.29, 1.82) is 0 Å². The Bertz CT molecular complexity index is 673. The highest BCUT2D eigenvalue weighted by atomic mass is 79.9. The zero-order valence-electron chi connectivity index (χ0n) is 11.9. The van der Waals surface area contributed by atoms with Gasteiger partial charge in [0.15, 0.2) is 0 Å². The highest BCUT2D eigenvalue weighted by molar-refractivity contribution is 9.10. The van der Waals surface area contributed by atoms with Crippen LogP contribution < -0.4 is 5.73 Å². The molecule has 0 aliphatic carbocycles. The summed E-state index contributed by atoms with van der Waals surface area (Å²) in [7, 11) is 1.38. The van der Waals surface area contributed by atoms with Gasteiger partial charge in [-0.25, -0.2) is 4.79 Å². The molecule has 21 heavy (non-hydrogen) atoms. The van der Waals surface area contributed by atoms with Crippen LogP contribution >= 0.6 is 27.7 Å². The van der Waals surface area contributed by atoms with Gasteiger partial charge in [0.05, 0.1) is 12.7 Å². The summed E-state index contributed by atoms with van der Waals surface area (Å²) >= 11 is 5.18. The molecule has 2 aromatic carbocycles. The number of nitrogen functional groups attached to an aromatic ring is 1. The molecule has 0 bridgehead atoms. The first-order chi connectivity index (χ1) is 10.0. The van der Waals surface area contributed by atoms with Crippen LogP contribution in [0.3, 0.4) is 0 Å². The number of carbonyl (C=O) groups excluding carboxylic acids is 1. The zero-order chi connectivity index (χ0) is 15.4. The van der Waals surface area contributed by atoms with Gasteiger partial charge in [-0.2, -0.15) is 0 Å². The summed E-state index contributed by atoms with van der Waals surface area (Å²) < 4.78 is 5.60. The fourth-order valence-electron chi connectivity index (χ4n) is 1.83. The molecule has 3 nitrogen and oxygen atoms in total. The molecule has 2 aromatic rings. The maximum atomic E-state index is 11.5. The van der Waals surface area contributed by atoms with Gasteiger partial charge < -0.3 is 10.5 Å². The summed E-state index contributed by atoms with van der Waals surface area (Å²) in [5.74, 6) is 0.438. The van der Waals surface area contributed by atoms with E-state index >= 15 is 0 Å². The van der Waals surface area contributed by atoms with E-state index in [0.717, 1.165) is 26.4 Å². The average molecular weight is 366 g/mol. The normalized spacial score (nSPS) is 10.4. The second-order valence-electron chi connectivity index (χ2n) is 4.63. The molecule has 0 aromatic heterocycles. The summed E-state index contributed by atoms with van der Waals surface area (Å²) in [5.41, 5.74) is 9.59. The first kappa shape index (κ1) is 15.9. The quantitative estimate of drug-likeness (QED) is 0.495. The number of methoxy groups -OCH3 is 1. The molecular weight excluding hydrogens is 350 g/mol. The minimum atomic E-state index is -0.335. The van der Waals surface area contributed by atoms with Gasteiger partial charge >= 0.3 is 5.97 Å². The zero-order valence-corrected chi connectivity index (χ0v) is 14.3. The van der Waals surface area contributed by atoms with Gasteiger partial charge in [-0.15, -0.1) is 11.8 Å². The minimum Gasteiger partial charge on any atom is -0.465 e. The van der Waals surface area contributed by atoms with Gasteiger partial charge in [-0.3, -0.25) is 0 Å². The topological polar surface area (TPSA) is 52.3 Å². The minimum absolute atomic E-state index is 0.335. The van der Waals surface area contributed by atoms with Crippen LogP contribution in [0.15, 0.2) is 45.8 Å². The van der Waals surface area contributed by atoms with E-state index in [0.29, 0.717) is 5.56 Å². The second-order valence-corrected chi connectivity index (χ2v) is 6.50. The summed E-state index contributed by atoms with van der Waals surface area (Å²) in [6, 6.07) is 11.5. The van der Waals surface area contributed by atoms with Crippen molar-refractivity contribution in [3.8, 4) is 0 Å². The smallest absolute Gasteiger partial charge is 0.337 e. The number of esters is 1. The molecule has 2 N–H and O–H groups in total. The Balaban J connectivity index is 2.13. The number of nitrogens with two attached hydrogens (primary N) is 1. The molecule has 5 heteroatoms. The molecule has 0 saturated heterocycles. The standard InChI is InChI=1S/C16H16BrNO2S/c1-10-3-6-14(18)15(7-10)21-9-12-5-4-11(8-13(12)17)16(19)20-2/h3-8H,9,18H2,1-2H3. The van der Waals surface area contributed by atoms with Gasteiger partial charge in [-0.1, -0.05) is 28.1 Å². The molecule has 0 heterocycles. The summed E-state index contributed by atoms with van der Waals surface area (Å²) in [4.78, 5) is 12.5. The van der Waals surface area contributed by atoms with E-state index in [4.69, 9.17) is 10.5 Å². The predicted octanol–water partition coefficient (Wildman–Crippen LogP) is 4.42. The van der Waals surface area contributed by atoms with Crippen LogP contribution in [0.25, 0.3) is 0 Å². The fraction of sp³-hybridized carbons (Fsp3) is 0.188. The van der Waals surface area contributed by atoms with Crippen molar-refractivity contribution in [2.45, 2.75) is 17.6 Å². The van der Waals surface area contributed by atoms with E-state index < -0.39 is 0 Å². The third-order valence-electron chi connectivity index (χ3n) is 3.03. The Morgan fingerprint density at radius 2 is 2.05 bits per heavy atom. The van der Waals surface area contributed by atoms with Crippen LogP contribution in [-0.2, 0) is 10.5 Å². The van der Waals surface area contributed by atoms with Crippen LogP contribution in [-0.4, -0.2) is 13.1 Å². The van der Waals surface area contributed by atoms with Crippen molar-refractivity contribution in [1.82, 2.24) is 0 Å². The van der Waals surface area contributed by atoms with Crippen molar-refractivity contribution >= 4 is 39.3 Å². The Hall–Kier alpha value is -1.46. The monoisotopic (exact) mass is 365 g/mol. The van der Waals surface area contributed by atoms with Gasteiger partial charge in [0.25, 0.3) is 0 Å². The molecule has 0 atom stereocenters. The molecule has 0 amide bonds. The number of anilines is 1. The molecule has 0 aliphatic heterocycles. The lowest BCUT2D eigenvalue weighted by Gasteiger charge is -2.09. The lowest BCUT2D eigenvalue weighted by Crippen LogP contribution is -2.01. The van der Waals surface area contributed by atoms with Crippen LogP contribution in [0, 0.1) is 6.92 Å². The number of carbonyl (C=O) groups is 1. The summed E-state index contributed by atoms with van der Waals surface area (Å²) in [6.07, 6.45) is 0. The average Bonchev–Trinajstić information content (AvgIpc) is 2.48. The first-order valence-electron chi connectivity index (χ1n) is 6.37. The molecule has 0 fully saturated rings. The molecule has 0 aliphatic rings. The van der Waals surface area contributed by atoms with E-state index in [1.54, 1.807) is 23.9 Å². The van der Waals surface area contributed by atoms with Gasteiger partial charge in [0, 0.05) is 20.8 Å². The fourth-order valence-corrected chi connectivity index (χ4v) is 3.60. The van der Waals surface area contributed by atoms with E-state index in [9.17, 15) is 4.79 Å². The molecule has 0 radical (unpaired) electrons. The lowest BCUT2D eigenvalue weighted by molar-refractivity contribution is 0.0600. The van der Waals surface area contributed by atoms with E-state index in [1.807, 2.05) is 25.1 Å². The Morgan fingerprint density at radius 1 is 1.29 bits per heavy atom. The lowest BCUT2D eigenvalue weighted by atomic mass is 10.1. The number of hydrogen-bond acceptors (Lipinski definition) is 4. The van der Waals surface area contributed by atoms with Crippen molar-refractivity contribution in [3.63, 3.8) is 0 Å². The number of aryl methyl sites for hydroxylation is 1. The third-order valence-corrected chi connectivity index (χ3v) is 4.88. The Labute approximate surface area is 137 Å². The van der Waals surface area contributed by atoms with Crippen LogP contribution in [0.1, 0.15) is 21.5 Å². The Kier molecular flexibility index (Phi) is 5.31. The Morgan fingerprint density at radius 3 is 2.71 bits per heavy atom. The molecular formula is C16H16BrNO2S. The molecule has 0 unspecified atom stereocenters. The van der Waals surface area contributed by atoms with Gasteiger partial charge in [-0.05, 0) is 42.3 Å². The highest BCUT2D eigenvalue weighted by Gasteiger charge is 2.09. The first-order valence-corrected chi connectivity index (χ1v) is 8.15. The molecule has 110 valence electrons. The van der Waals surface area contributed by atoms with Gasteiger partial charge in [0.1, 0.15) is 0 Å². The highest BCUT2D eigenvalue weighted by Crippen LogP contribution is 2.31. The van der Waals surface area contributed by atoms with Crippen molar-refractivity contribution in [2.24, 2.45) is 0 Å². The van der Waals surface area contributed by atoms with Crippen molar-refractivity contribution < 1.29 is 9.53 Å². The number of thioether (sulfide) groups is 1. The van der Waals surface area contributed by atoms with Gasteiger partial charge in [0.2, 0.25) is 0 Å². The SMILES string of the molecule is COC(=O)c1ccc(CSc2cc(C)ccc2N)c(Br)c1. The predicted molar refractivity (Wildman–Crippen MR) is 90.6 cm³/mol. The largest absolute Gasteiger partial charge is 0.465 e. The van der Waals surface area contributed by atoms with E-state index in [1.165, 1.54) is 12.7 Å².